The molecule has 108 valence electrons. The van der Waals surface area contributed by atoms with E-state index in [0.717, 1.165) is 11.6 Å². The van der Waals surface area contributed by atoms with E-state index >= 15 is 0 Å². The molecule has 0 aliphatic rings. The predicted octanol–water partition coefficient (Wildman–Crippen LogP) is 4.14. The van der Waals surface area contributed by atoms with Crippen LogP contribution in [0.3, 0.4) is 0 Å². The average Bonchev–Trinajstić information content (AvgIpc) is 2.49. The highest BCUT2D eigenvalue weighted by Gasteiger charge is 2.09. The van der Waals surface area contributed by atoms with Crippen LogP contribution < -0.4 is 5.32 Å². The number of rotatable bonds is 4. The lowest BCUT2D eigenvalue weighted by Gasteiger charge is -2.09. The first-order chi connectivity index (χ1) is 10.0. The summed E-state index contributed by atoms with van der Waals surface area (Å²) in [5, 5.41) is 2.33. The molecular weight excluding hydrogens is 267 g/mol. The van der Waals surface area contributed by atoms with Gasteiger partial charge >= 0.3 is 0 Å². The number of hydrogen-bond acceptors (Lipinski definition) is 2. The molecule has 0 unspecified atom stereocenters. The zero-order valence-corrected chi connectivity index (χ0v) is 12.1. The Morgan fingerprint density at radius 1 is 1.33 bits per heavy atom. The van der Waals surface area contributed by atoms with Crippen LogP contribution in [0.1, 0.15) is 25.3 Å². The Morgan fingerprint density at radius 3 is 2.71 bits per heavy atom. The van der Waals surface area contributed by atoms with Crippen molar-refractivity contribution < 1.29 is 9.18 Å². The summed E-state index contributed by atoms with van der Waals surface area (Å²) in [7, 11) is 0. The number of carbonyl (C=O) groups is 1. The maximum atomic E-state index is 14.0. The lowest BCUT2D eigenvalue weighted by Crippen LogP contribution is -2.10. The minimum Gasteiger partial charge on any atom is -0.305 e. The largest absolute Gasteiger partial charge is 0.305 e. The van der Waals surface area contributed by atoms with Gasteiger partial charge in [0.1, 0.15) is 0 Å². The zero-order valence-electron chi connectivity index (χ0n) is 12.1. The van der Waals surface area contributed by atoms with Crippen LogP contribution in [0.15, 0.2) is 49.2 Å². The van der Waals surface area contributed by atoms with Crippen LogP contribution in [0.25, 0.3) is 11.1 Å². The van der Waals surface area contributed by atoms with Gasteiger partial charge in [0, 0.05) is 11.8 Å². The highest BCUT2D eigenvalue weighted by molar-refractivity contribution is 5.98. The van der Waals surface area contributed by atoms with Crippen molar-refractivity contribution in [2.45, 2.75) is 19.8 Å². The standard InChI is InChI=1S/C17H17FN2O/c1-4-16(21)20-17-15(18)9-14(10-19-17)13-7-5-6-12(8-13)11(2)3/h4-11H,1H2,2-3H3,(H,19,20,21). The minimum absolute atomic E-state index is 0.0938. The van der Waals surface area contributed by atoms with Gasteiger partial charge in [0.15, 0.2) is 11.6 Å². The second kappa shape index (κ2) is 6.31. The molecule has 4 heteroatoms. The van der Waals surface area contributed by atoms with E-state index in [4.69, 9.17) is 0 Å². The fourth-order valence-corrected chi connectivity index (χ4v) is 1.93. The number of carbonyl (C=O) groups excluding carboxylic acids is 1. The van der Waals surface area contributed by atoms with Crippen LogP contribution in [0.2, 0.25) is 0 Å². The Labute approximate surface area is 123 Å². The van der Waals surface area contributed by atoms with Crippen LogP contribution >= 0.6 is 0 Å². The van der Waals surface area contributed by atoms with Gasteiger partial charge in [-0.15, -0.1) is 0 Å². The van der Waals surface area contributed by atoms with Gasteiger partial charge in [0.25, 0.3) is 0 Å². The van der Waals surface area contributed by atoms with Crippen molar-refractivity contribution in [3.8, 4) is 11.1 Å². The molecule has 21 heavy (non-hydrogen) atoms. The molecule has 0 saturated carbocycles. The summed E-state index contributed by atoms with van der Waals surface area (Å²) in [6, 6.07) is 9.27. The van der Waals surface area contributed by atoms with Crippen molar-refractivity contribution in [2.75, 3.05) is 5.32 Å². The molecule has 2 rings (SSSR count). The summed E-state index contributed by atoms with van der Waals surface area (Å²) >= 11 is 0. The van der Waals surface area contributed by atoms with Gasteiger partial charge in [-0.25, -0.2) is 9.37 Å². The maximum Gasteiger partial charge on any atom is 0.248 e. The third kappa shape index (κ3) is 3.54. The number of nitrogens with one attached hydrogen (secondary N) is 1. The second-order valence-electron chi connectivity index (χ2n) is 5.03. The maximum absolute atomic E-state index is 14.0. The molecule has 0 saturated heterocycles. The van der Waals surface area contributed by atoms with E-state index in [0.29, 0.717) is 11.5 Å². The third-order valence-corrected chi connectivity index (χ3v) is 3.15. The lowest BCUT2D eigenvalue weighted by molar-refractivity contribution is -0.111. The molecule has 0 aliphatic carbocycles. The zero-order chi connectivity index (χ0) is 15.4. The topological polar surface area (TPSA) is 42.0 Å². The van der Waals surface area contributed by atoms with Crippen molar-refractivity contribution in [1.82, 2.24) is 4.98 Å². The number of pyridine rings is 1. The van der Waals surface area contributed by atoms with Gasteiger partial charge < -0.3 is 5.32 Å². The van der Waals surface area contributed by atoms with E-state index in [1.165, 1.54) is 11.6 Å². The van der Waals surface area contributed by atoms with E-state index in [9.17, 15) is 9.18 Å². The van der Waals surface area contributed by atoms with Crippen molar-refractivity contribution in [3.05, 3.63) is 60.6 Å². The first-order valence-corrected chi connectivity index (χ1v) is 6.70. The fraction of sp³-hybridized carbons (Fsp3) is 0.176. The molecule has 0 fully saturated rings. The molecule has 0 radical (unpaired) electrons. The quantitative estimate of drug-likeness (QED) is 0.857. The summed E-state index contributed by atoms with van der Waals surface area (Å²) in [6.07, 6.45) is 2.61. The molecule has 1 N–H and O–H groups in total. The number of benzene rings is 1. The van der Waals surface area contributed by atoms with Crippen LogP contribution in [-0.2, 0) is 4.79 Å². The Hall–Kier alpha value is -2.49. The van der Waals surface area contributed by atoms with Crippen LogP contribution in [0.5, 0.6) is 0 Å². The number of aromatic nitrogens is 1. The number of halogens is 1. The van der Waals surface area contributed by atoms with Gasteiger partial charge in [0.2, 0.25) is 5.91 Å². The average molecular weight is 284 g/mol. The molecule has 3 nitrogen and oxygen atoms in total. The molecule has 1 aromatic carbocycles. The van der Waals surface area contributed by atoms with E-state index in [2.05, 4.69) is 30.7 Å². The van der Waals surface area contributed by atoms with Crippen molar-refractivity contribution >= 4 is 11.7 Å². The van der Waals surface area contributed by atoms with Gasteiger partial charge in [-0.3, -0.25) is 4.79 Å². The predicted molar refractivity (Wildman–Crippen MR) is 82.5 cm³/mol. The lowest BCUT2D eigenvalue weighted by atomic mass is 9.98. The molecular formula is C17H17FN2O. The van der Waals surface area contributed by atoms with E-state index in [-0.39, 0.29) is 5.82 Å². The Bertz CT molecular complexity index is 680. The molecule has 2 aromatic rings. The molecule has 1 amide bonds. The summed E-state index contributed by atoms with van der Waals surface area (Å²) in [5.74, 6) is -0.758. The molecule has 1 aromatic heterocycles. The van der Waals surface area contributed by atoms with Crippen molar-refractivity contribution in [2.24, 2.45) is 0 Å². The van der Waals surface area contributed by atoms with Crippen LogP contribution in [0.4, 0.5) is 10.2 Å². The van der Waals surface area contributed by atoms with Gasteiger partial charge in [-0.2, -0.15) is 0 Å². The van der Waals surface area contributed by atoms with Crippen molar-refractivity contribution in [3.63, 3.8) is 0 Å². The minimum atomic E-state index is -0.572. The van der Waals surface area contributed by atoms with Crippen LogP contribution in [-0.4, -0.2) is 10.9 Å². The smallest absolute Gasteiger partial charge is 0.248 e. The van der Waals surface area contributed by atoms with Crippen LogP contribution in [0, 0.1) is 5.82 Å². The number of nitrogens with zero attached hydrogens (tertiary/aromatic N) is 1. The molecule has 0 aliphatic heterocycles. The van der Waals surface area contributed by atoms with E-state index in [1.807, 2.05) is 24.3 Å². The first-order valence-electron chi connectivity index (χ1n) is 6.70. The normalized spacial score (nSPS) is 10.5. The van der Waals surface area contributed by atoms with Crippen molar-refractivity contribution in [1.29, 1.82) is 0 Å². The summed E-state index contributed by atoms with van der Waals surface area (Å²) in [6.45, 7) is 7.52. The number of amides is 1. The van der Waals surface area contributed by atoms with E-state index in [1.54, 1.807) is 6.20 Å². The molecule has 0 bridgehead atoms. The SMILES string of the molecule is C=CC(=O)Nc1ncc(-c2cccc(C(C)C)c2)cc1F. The number of hydrogen-bond donors (Lipinski definition) is 1. The Kier molecular flexibility index (Phi) is 4.48. The first kappa shape index (κ1) is 14.9. The molecule has 0 atom stereocenters. The fourth-order valence-electron chi connectivity index (χ4n) is 1.93. The highest BCUT2D eigenvalue weighted by atomic mass is 19.1. The van der Waals surface area contributed by atoms with Gasteiger partial charge in [-0.05, 0) is 29.2 Å². The Morgan fingerprint density at radius 2 is 2.10 bits per heavy atom. The Balaban J connectivity index is 2.33. The molecule has 1 heterocycles. The highest BCUT2D eigenvalue weighted by Crippen LogP contribution is 2.25. The monoisotopic (exact) mass is 284 g/mol. The summed E-state index contributed by atoms with van der Waals surface area (Å²) in [4.78, 5) is 15.1. The number of anilines is 1. The third-order valence-electron chi connectivity index (χ3n) is 3.15. The second-order valence-corrected chi connectivity index (χ2v) is 5.03. The van der Waals surface area contributed by atoms with E-state index < -0.39 is 11.7 Å². The van der Waals surface area contributed by atoms with Gasteiger partial charge in [-0.1, -0.05) is 44.7 Å². The summed E-state index contributed by atoms with van der Waals surface area (Å²) in [5.41, 5.74) is 2.75. The summed E-state index contributed by atoms with van der Waals surface area (Å²) < 4.78 is 14.0. The molecule has 0 spiro atoms. The van der Waals surface area contributed by atoms with Gasteiger partial charge in [0.05, 0.1) is 0 Å².